The van der Waals surface area contributed by atoms with Gasteiger partial charge in [-0.2, -0.15) is 0 Å². The Hall–Kier alpha value is -2.91. The van der Waals surface area contributed by atoms with Crippen LogP contribution in [0.4, 0.5) is 8.78 Å². The van der Waals surface area contributed by atoms with Crippen molar-refractivity contribution < 1.29 is 23.4 Å². The molecule has 0 amide bonds. The molecule has 4 rings (SSSR count). The first kappa shape index (κ1) is 25.2. The highest BCUT2D eigenvalue weighted by molar-refractivity contribution is 5.83. The van der Waals surface area contributed by atoms with E-state index in [1.807, 2.05) is 24.3 Å². The van der Waals surface area contributed by atoms with Gasteiger partial charge in [-0.25, -0.2) is 13.8 Å². The Morgan fingerprint density at radius 1 is 1.23 bits per heavy atom. The number of halogens is 2. The summed E-state index contributed by atoms with van der Waals surface area (Å²) in [4.78, 5) is 4.60. The van der Waals surface area contributed by atoms with Crippen LogP contribution < -0.4 is 15.8 Å². The molecule has 2 aromatic carbocycles. The van der Waals surface area contributed by atoms with Crippen molar-refractivity contribution >= 4 is 17.0 Å². The molecule has 186 valence electrons. The number of aliphatic hydroxyl groups excluding tert-OH is 1. The lowest BCUT2D eigenvalue weighted by Gasteiger charge is -2.33. The molecular weight excluding hydrogens is 452 g/mol. The van der Waals surface area contributed by atoms with Crippen LogP contribution in [0.5, 0.6) is 5.88 Å². The standard InChI is InChI=1S/C27H31F2N3O3/c1-34-27-19(13-22-18(15-33)4-2-6-25(22)32-27)14-24(30)26-10-8-21(16-35-26)31-11-3-5-17-12-20(28)7-9-23(17)29/h2-7,9,12-13,21,24,26,31,33H,8,10-11,14-16,30H2,1H3/t21-,24-,26+/m1/s1. The van der Waals surface area contributed by atoms with Crippen LogP contribution in [0.15, 0.2) is 48.5 Å². The van der Waals surface area contributed by atoms with Gasteiger partial charge < -0.3 is 25.6 Å². The van der Waals surface area contributed by atoms with E-state index in [-0.39, 0.29) is 30.4 Å². The van der Waals surface area contributed by atoms with Crippen molar-refractivity contribution in [1.82, 2.24) is 10.3 Å². The summed E-state index contributed by atoms with van der Waals surface area (Å²) in [5, 5.41) is 13.9. The average Bonchev–Trinajstić information content (AvgIpc) is 2.88. The Morgan fingerprint density at radius 2 is 2.09 bits per heavy atom. The first-order valence-electron chi connectivity index (χ1n) is 11.8. The molecule has 4 N–H and O–H groups in total. The highest BCUT2D eigenvalue weighted by Gasteiger charge is 2.27. The van der Waals surface area contributed by atoms with Crippen LogP contribution in [0, 0.1) is 11.6 Å². The highest BCUT2D eigenvalue weighted by atomic mass is 19.1. The third kappa shape index (κ3) is 6.21. The summed E-state index contributed by atoms with van der Waals surface area (Å²) in [5.74, 6) is -0.390. The summed E-state index contributed by atoms with van der Waals surface area (Å²) in [6, 6.07) is 10.9. The van der Waals surface area contributed by atoms with E-state index >= 15 is 0 Å². The first-order valence-corrected chi connectivity index (χ1v) is 11.8. The van der Waals surface area contributed by atoms with Crippen molar-refractivity contribution in [1.29, 1.82) is 0 Å². The monoisotopic (exact) mass is 483 g/mol. The SMILES string of the molecule is COc1nc2cccc(CO)c2cc1C[C@@H](N)[C@@H]1CC[C@@H](NCC=Cc2cc(F)ccc2F)CO1. The Balaban J connectivity index is 1.30. The van der Waals surface area contributed by atoms with Crippen LogP contribution in [0.2, 0.25) is 0 Å². The Morgan fingerprint density at radius 3 is 2.83 bits per heavy atom. The van der Waals surface area contributed by atoms with Gasteiger partial charge in [0.15, 0.2) is 0 Å². The number of methoxy groups -OCH3 is 1. The van der Waals surface area contributed by atoms with Gasteiger partial charge in [0, 0.05) is 35.1 Å². The number of nitrogens with one attached hydrogen (secondary N) is 1. The van der Waals surface area contributed by atoms with Gasteiger partial charge in [0.05, 0.1) is 31.9 Å². The second-order valence-electron chi connectivity index (χ2n) is 8.79. The largest absolute Gasteiger partial charge is 0.481 e. The minimum atomic E-state index is -0.465. The summed E-state index contributed by atoms with van der Waals surface area (Å²) in [6.07, 6.45) is 5.47. The molecule has 1 fully saturated rings. The number of aromatic nitrogens is 1. The fraction of sp³-hybridized carbons (Fsp3) is 0.370. The number of benzene rings is 2. The van der Waals surface area contributed by atoms with E-state index in [1.54, 1.807) is 19.3 Å². The predicted octanol–water partition coefficient (Wildman–Crippen LogP) is 3.73. The smallest absolute Gasteiger partial charge is 0.216 e. The van der Waals surface area contributed by atoms with E-state index in [9.17, 15) is 13.9 Å². The molecule has 0 saturated carbocycles. The van der Waals surface area contributed by atoms with Gasteiger partial charge in [0.1, 0.15) is 11.6 Å². The van der Waals surface area contributed by atoms with Crippen molar-refractivity contribution in [2.45, 2.75) is 44.1 Å². The van der Waals surface area contributed by atoms with Gasteiger partial charge in [-0.15, -0.1) is 0 Å². The van der Waals surface area contributed by atoms with Crippen LogP contribution in [0.3, 0.4) is 0 Å². The number of hydrogen-bond donors (Lipinski definition) is 3. The maximum absolute atomic E-state index is 13.7. The molecule has 0 bridgehead atoms. The Labute approximate surface area is 203 Å². The molecule has 1 aromatic heterocycles. The third-order valence-electron chi connectivity index (χ3n) is 6.38. The summed E-state index contributed by atoms with van der Waals surface area (Å²) in [6.45, 7) is 0.972. The van der Waals surface area contributed by atoms with Crippen LogP contribution in [0.25, 0.3) is 17.0 Å². The molecule has 8 heteroatoms. The van der Waals surface area contributed by atoms with Gasteiger partial charge in [-0.05, 0) is 55.2 Å². The normalized spacial score (nSPS) is 19.3. The molecule has 1 aliphatic heterocycles. The molecule has 1 saturated heterocycles. The molecule has 0 unspecified atom stereocenters. The van der Waals surface area contributed by atoms with Crippen molar-refractivity contribution in [3.63, 3.8) is 0 Å². The second kappa shape index (κ2) is 11.7. The highest BCUT2D eigenvalue weighted by Crippen LogP contribution is 2.27. The minimum absolute atomic E-state index is 0.0661. The predicted molar refractivity (Wildman–Crippen MR) is 132 cm³/mol. The summed E-state index contributed by atoms with van der Waals surface area (Å²) < 4.78 is 38.5. The average molecular weight is 484 g/mol. The zero-order chi connectivity index (χ0) is 24.8. The van der Waals surface area contributed by atoms with E-state index in [1.165, 1.54) is 6.07 Å². The number of aliphatic hydroxyl groups is 1. The van der Waals surface area contributed by atoms with Gasteiger partial charge in [-0.1, -0.05) is 24.3 Å². The summed E-state index contributed by atoms with van der Waals surface area (Å²) in [5.41, 5.74) is 9.20. The number of rotatable bonds is 9. The van der Waals surface area contributed by atoms with Crippen LogP contribution in [-0.4, -0.2) is 48.5 Å². The number of nitrogens with zero attached hydrogens (tertiary/aromatic N) is 1. The maximum Gasteiger partial charge on any atom is 0.216 e. The van der Waals surface area contributed by atoms with Crippen LogP contribution in [-0.2, 0) is 17.8 Å². The number of hydrogen-bond acceptors (Lipinski definition) is 6. The van der Waals surface area contributed by atoms with E-state index < -0.39 is 11.6 Å². The lowest BCUT2D eigenvalue weighted by Crippen LogP contribution is -2.47. The molecule has 3 atom stereocenters. The number of nitrogens with two attached hydrogens (primary N) is 1. The topological polar surface area (TPSA) is 89.6 Å². The third-order valence-corrected chi connectivity index (χ3v) is 6.38. The van der Waals surface area contributed by atoms with E-state index in [2.05, 4.69) is 10.3 Å². The fourth-order valence-corrected chi connectivity index (χ4v) is 4.46. The fourth-order valence-electron chi connectivity index (χ4n) is 4.46. The molecule has 0 radical (unpaired) electrons. The lowest BCUT2D eigenvalue weighted by molar-refractivity contribution is -0.0157. The van der Waals surface area contributed by atoms with Crippen molar-refractivity contribution in [2.75, 3.05) is 20.3 Å². The molecule has 3 aromatic rings. The first-order chi connectivity index (χ1) is 17.0. The van der Waals surface area contributed by atoms with Crippen LogP contribution >= 0.6 is 0 Å². The zero-order valence-electron chi connectivity index (χ0n) is 19.7. The van der Waals surface area contributed by atoms with Gasteiger partial charge in [0.25, 0.3) is 0 Å². The van der Waals surface area contributed by atoms with Crippen molar-refractivity contribution in [3.05, 3.63) is 76.9 Å². The van der Waals surface area contributed by atoms with Gasteiger partial charge in [-0.3, -0.25) is 0 Å². The maximum atomic E-state index is 13.7. The van der Waals surface area contributed by atoms with E-state index in [0.29, 0.717) is 25.5 Å². The summed E-state index contributed by atoms with van der Waals surface area (Å²) >= 11 is 0. The lowest BCUT2D eigenvalue weighted by atomic mass is 9.94. The molecule has 35 heavy (non-hydrogen) atoms. The molecule has 0 spiro atoms. The Bertz CT molecular complexity index is 1180. The zero-order valence-corrected chi connectivity index (χ0v) is 19.7. The summed E-state index contributed by atoms with van der Waals surface area (Å²) in [7, 11) is 1.59. The quantitative estimate of drug-likeness (QED) is 0.430. The van der Waals surface area contributed by atoms with Crippen LogP contribution in [0.1, 0.15) is 29.5 Å². The van der Waals surface area contributed by atoms with Crippen molar-refractivity contribution in [2.24, 2.45) is 5.73 Å². The number of fused-ring (bicyclic) bond motifs is 1. The molecular formula is C27H31F2N3O3. The molecule has 0 aliphatic carbocycles. The minimum Gasteiger partial charge on any atom is -0.481 e. The van der Waals surface area contributed by atoms with E-state index in [4.69, 9.17) is 15.2 Å². The molecule has 1 aliphatic rings. The molecule has 6 nitrogen and oxygen atoms in total. The number of ether oxygens (including phenoxy) is 2. The van der Waals surface area contributed by atoms with Gasteiger partial charge in [0.2, 0.25) is 5.88 Å². The van der Waals surface area contributed by atoms with E-state index in [0.717, 1.165) is 47.0 Å². The van der Waals surface area contributed by atoms with Crippen molar-refractivity contribution in [3.8, 4) is 5.88 Å². The number of pyridine rings is 1. The van der Waals surface area contributed by atoms with Gasteiger partial charge >= 0.3 is 0 Å². The second-order valence-corrected chi connectivity index (χ2v) is 8.79. The molecule has 2 heterocycles. The Kier molecular flexibility index (Phi) is 8.41.